The van der Waals surface area contributed by atoms with Crippen molar-refractivity contribution in [3.63, 3.8) is 0 Å². The van der Waals surface area contributed by atoms with Gasteiger partial charge in [0.2, 0.25) is 5.88 Å². The number of carbonyl (C=O) groups excluding carboxylic acids is 1. The second kappa shape index (κ2) is 7.85. The molecule has 0 aliphatic carbocycles. The minimum Gasteiger partial charge on any atom is -0.459 e. The zero-order valence-electron chi connectivity index (χ0n) is 15.7. The molecule has 3 heterocycles. The lowest BCUT2D eigenvalue weighted by Crippen LogP contribution is -2.51. The SMILES string of the molecule is C[C@]1(c2nc(NC(=O)Oc3ncc(C(F)F)cc3N)ccc2F)N=C(N)OCC1(F)F. The summed E-state index contributed by atoms with van der Waals surface area (Å²) in [4.78, 5) is 22.8. The van der Waals surface area contributed by atoms with Crippen LogP contribution in [0.1, 0.15) is 24.6 Å². The number of amides is 1. The first-order valence-electron chi connectivity index (χ1n) is 8.48. The van der Waals surface area contributed by atoms with E-state index in [0.717, 1.165) is 31.3 Å². The van der Waals surface area contributed by atoms with E-state index >= 15 is 0 Å². The molecule has 166 valence electrons. The number of halogens is 5. The summed E-state index contributed by atoms with van der Waals surface area (Å²) in [6.45, 7) is -0.246. The van der Waals surface area contributed by atoms with Crippen LogP contribution in [-0.4, -0.2) is 34.6 Å². The predicted molar refractivity (Wildman–Crippen MR) is 97.3 cm³/mol. The summed E-state index contributed by atoms with van der Waals surface area (Å²) in [5.74, 6) is -5.66. The van der Waals surface area contributed by atoms with Crippen molar-refractivity contribution >= 4 is 23.6 Å². The topological polar surface area (TPSA) is 138 Å². The van der Waals surface area contributed by atoms with Crippen molar-refractivity contribution in [1.82, 2.24) is 9.97 Å². The van der Waals surface area contributed by atoms with Crippen molar-refractivity contribution in [1.29, 1.82) is 0 Å². The fraction of sp³-hybridized carbons (Fsp3) is 0.294. The average Bonchev–Trinajstić information content (AvgIpc) is 2.68. The molecule has 0 fully saturated rings. The summed E-state index contributed by atoms with van der Waals surface area (Å²) in [6, 6.07) is 2.04. The van der Waals surface area contributed by atoms with Crippen LogP contribution in [0.5, 0.6) is 5.88 Å². The van der Waals surface area contributed by atoms with E-state index < -0.39 is 59.6 Å². The zero-order valence-corrected chi connectivity index (χ0v) is 15.7. The van der Waals surface area contributed by atoms with Crippen molar-refractivity contribution in [2.75, 3.05) is 17.7 Å². The molecule has 1 aliphatic heterocycles. The molecule has 1 amide bonds. The van der Waals surface area contributed by atoms with Gasteiger partial charge in [0, 0.05) is 11.8 Å². The Bertz CT molecular complexity index is 1050. The number of hydrogen-bond acceptors (Lipinski definition) is 8. The van der Waals surface area contributed by atoms with Gasteiger partial charge >= 0.3 is 12.0 Å². The van der Waals surface area contributed by atoms with Gasteiger partial charge in [0.1, 0.15) is 17.3 Å². The maximum atomic E-state index is 14.4. The lowest BCUT2D eigenvalue weighted by molar-refractivity contribution is -0.118. The van der Waals surface area contributed by atoms with E-state index in [2.05, 4.69) is 25.0 Å². The summed E-state index contributed by atoms with van der Waals surface area (Å²) >= 11 is 0. The number of nitrogen functional groups attached to an aromatic ring is 1. The number of ether oxygens (including phenoxy) is 2. The third-order valence-corrected chi connectivity index (χ3v) is 4.33. The molecule has 0 radical (unpaired) electrons. The van der Waals surface area contributed by atoms with Crippen LogP contribution in [0.3, 0.4) is 0 Å². The molecule has 0 unspecified atom stereocenters. The molecule has 1 aliphatic rings. The lowest BCUT2D eigenvalue weighted by atomic mass is 9.89. The first-order chi connectivity index (χ1) is 14.4. The molecule has 9 nitrogen and oxygen atoms in total. The second-order valence-corrected chi connectivity index (χ2v) is 6.52. The van der Waals surface area contributed by atoms with E-state index in [1.54, 1.807) is 0 Å². The molecule has 3 rings (SSSR count). The Hall–Kier alpha value is -3.71. The summed E-state index contributed by atoms with van der Waals surface area (Å²) < 4.78 is 77.8. The highest BCUT2D eigenvalue weighted by atomic mass is 19.3. The number of pyridine rings is 2. The molecule has 0 spiro atoms. The first-order valence-corrected chi connectivity index (χ1v) is 8.48. The van der Waals surface area contributed by atoms with Crippen LogP contribution in [-0.2, 0) is 10.3 Å². The van der Waals surface area contributed by atoms with Gasteiger partial charge in [-0.05, 0) is 25.1 Å². The largest absolute Gasteiger partial charge is 0.459 e. The Morgan fingerprint density at radius 1 is 1.32 bits per heavy atom. The van der Waals surface area contributed by atoms with Crippen LogP contribution in [0.15, 0.2) is 29.4 Å². The number of hydrogen-bond donors (Lipinski definition) is 3. The number of aliphatic imine (C=N–C) groups is 1. The number of carbonyl (C=O) groups is 1. The highest BCUT2D eigenvalue weighted by Gasteiger charge is 2.57. The standard InChI is InChI=1S/C17H15F5N6O3/c1-16(17(21,22)6-30-14(24)28-16)11-8(18)2-3-10(26-11)27-15(29)31-13-9(23)4-7(5-25-13)12(19)20/h2-5,12H,6,23H2,1H3,(H2,24,28)(H,26,27,29)/t16-/m1/s1. The molecule has 1 atom stereocenters. The van der Waals surface area contributed by atoms with E-state index in [0.29, 0.717) is 0 Å². The predicted octanol–water partition coefficient (Wildman–Crippen LogP) is 2.94. The summed E-state index contributed by atoms with van der Waals surface area (Å²) in [5.41, 5.74) is 6.72. The number of nitrogens with one attached hydrogen (secondary N) is 1. The molecule has 14 heteroatoms. The molecule has 31 heavy (non-hydrogen) atoms. The van der Waals surface area contributed by atoms with Crippen molar-refractivity contribution in [2.24, 2.45) is 10.7 Å². The molecular weight excluding hydrogens is 431 g/mol. The van der Waals surface area contributed by atoms with Gasteiger partial charge in [-0.2, -0.15) is 8.78 Å². The van der Waals surface area contributed by atoms with E-state index in [1.807, 2.05) is 0 Å². The van der Waals surface area contributed by atoms with Crippen LogP contribution in [0.2, 0.25) is 0 Å². The molecular formula is C17H15F5N6O3. The molecule has 0 bridgehead atoms. The summed E-state index contributed by atoms with van der Waals surface area (Å²) in [6.07, 6.45) is -3.31. The molecule has 2 aromatic rings. The van der Waals surface area contributed by atoms with Crippen molar-refractivity contribution in [2.45, 2.75) is 24.8 Å². The Balaban J connectivity index is 1.84. The van der Waals surface area contributed by atoms with Gasteiger partial charge in [0.05, 0.1) is 5.69 Å². The number of rotatable bonds is 4. The number of anilines is 2. The van der Waals surface area contributed by atoms with Crippen LogP contribution in [0.25, 0.3) is 0 Å². The van der Waals surface area contributed by atoms with Crippen molar-refractivity contribution in [3.05, 3.63) is 41.5 Å². The minimum absolute atomic E-state index is 0.347. The monoisotopic (exact) mass is 446 g/mol. The van der Waals surface area contributed by atoms with Crippen LogP contribution in [0.4, 0.5) is 38.3 Å². The van der Waals surface area contributed by atoms with Gasteiger partial charge in [0.25, 0.3) is 12.4 Å². The first kappa shape index (κ1) is 22.0. The maximum absolute atomic E-state index is 14.4. The number of nitrogens with zero attached hydrogens (tertiary/aromatic N) is 3. The molecule has 5 N–H and O–H groups in total. The fourth-order valence-electron chi connectivity index (χ4n) is 2.63. The quantitative estimate of drug-likeness (QED) is 0.614. The van der Waals surface area contributed by atoms with Crippen molar-refractivity contribution < 1.29 is 36.2 Å². The Morgan fingerprint density at radius 2 is 2.03 bits per heavy atom. The highest BCUT2D eigenvalue weighted by molar-refractivity contribution is 5.85. The number of amidine groups is 1. The summed E-state index contributed by atoms with van der Waals surface area (Å²) in [7, 11) is 0. The van der Waals surface area contributed by atoms with E-state index in [-0.39, 0.29) is 11.5 Å². The van der Waals surface area contributed by atoms with Gasteiger partial charge in [-0.3, -0.25) is 5.32 Å². The molecule has 2 aromatic heterocycles. The number of alkyl halides is 4. The highest BCUT2D eigenvalue weighted by Crippen LogP contribution is 2.43. The van der Waals surface area contributed by atoms with Gasteiger partial charge in [0.15, 0.2) is 12.1 Å². The fourth-order valence-corrected chi connectivity index (χ4v) is 2.63. The lowest BCUT2D eigenvalue weighted by Gasteiger charge is -2.36. The third-order valence-electron chi connectivity index (χ3n) is 4.33. The van der Waals surface area contributed by atoms with E-state index in [4.69, 9.17) is 16.2 Å². The van der Waals surface area contributed by atoms with Crippen LogP contribution in [0, 0.1) is 5.82 Å². The van der Waals surface area contributed by atoms with Gasteiger partial charge in [-0.25, -0.2) is 32.9 Å². The smallest absolute Gasteiger partial charge is 0.419 e. The minimum atomic E-state index is -3.67. The summed E-state index contributed by atoms with van der Waals surface area (Å²) in [5, 5.41) is 2.08. The molecule has 0 saturated carbocycles. The molecule has 0 saturated heterocycles. The Kier molecular flexibility index (Phi) is 5.57. The zero-order chi connectivity index (χ0) is 23.0. The van der Waals surface area contributed by atoms with Crippen LogP contribution >= 0.6 is 0 Å². The Morgan fingerprint density at radius 3 is 2.68 bits per heavy atom. The second-order valence-electron chi connectivity index (χ2n) is 6.52. The van der Waals surface area contributed by atoms with Crippen molar-refractivity contribution in [3.8, 4) is 5.88 Å². The molecule has 0 aromatic carbocycles. The normalized spacial score (nSPS) is 20.0. The van der Waals surface area contributed by atoms with Gasteiger partial charge < -0.3 is 20.9 Å². The van der Waals surface area contributed by atoms with E-state index in [9.17, 15) is 26.7 Å². The van der Waals surface area contributed by atoms with Gasteiger partial charge in [-0.15, -0.1) is 0 Å². The van der Waals surface area contributed by atoms with Crippen LogP contribution < -0.4 is 21.5 Å². The maximum Gasteiger partial charge on any atom is 0.419 e. The third kappa shape index (κ3) is 4.27. The Labute approximate surface area is 171 Å². The number of aromatic nitrogens is 2. The number of nitrogens with two attached hydrogens (primary N) is 2. The van der Waals surface area contributed by atoms with E-state index in [1.165, 1.54) is 0 Å². The van der Waals surface area contributed by atoms with Gasteiger partial charge in [-0.1, -0.05) is 0 Å². The average molecular weight is 446 g/mol.